The molecule has 0 aromatic heterocycles. The van der Waals surface area contributed by atoms with E-state index in [4.69, 9.17) is 4.74 Å². The van der Waals surface area contributed by atoms with Gasteiger partial charge in [-0.2, -0.15) is 0 Å². The third kappa shape index (κ3) is 1.48. The van der Waals surface area contributed by atoms with Crippen LogP contribution in [0.15, 0.2) is 24.8 Å². The molecule has 0 unspecified atom stereocenters. The third-order valence-electron chi connectivity index (χ3n) is 2.49. The standard InChI is InChI=1S/C12H15NO/c1-3-14-9(2)10-5-4-6-12-11(10)7-8-13-12/h4-6,13H,2-3,7-8H2,1H3. The van der Waals surface area contributed by atoms with Crippen LogP contribution in [0.25, 0.3) is 5.76 Å². The minimum Gasteiger partial charge on any atom is -0.494 e. The Morgan fingerprint density at radius 1 is 1.57 bits per heavy atom. The predicted molar refractivity (Wildman–Crippen MR) is 59.3 cm³/mol. The van der Waals surface area contributed by atoms with Crippen molar-refractivity contribution in [3.63, 3.8) is 0 Å². The van der Waals surface area contributed by atoms with Crippen LogP contribution in [0.5, 0.6) is 0 Å². The van der Waals surface area contributed by atoms with Gasteiger partial charge in [0, 0.05) is 17.8 Å². The van der Waals surface area contributed by atoms with Crippen LogP contribution >= 0.6 is 0 Å². The second-order valence-electron chi connectivity index (χ2n) is 3.36. The molecular formula is C12H15NO. The van der Waals surface area contributed by atoms with Crippen molar-refractivity contribution in [1.82, 2.24) is 0 Å². The molecule has 1 aromatic carbocycles. The number of fused-ring (bicyclic) bond motifs is 1. The van der Waals surface area contributed by atoms with Gasteiger partial charge in [0.25, 0.3) is 0 Å². The average Bonchev–Trinajstić information content (AvgIpc) is 2.65. The van der Waals surface area contributed by atoms with Gasteiger partial charge in [0.15, 0.2) is 0 Å². The number of ether oxygens (including phenoxy) is 1. The van der Waals surface area contributed by atoms with E-state index in [0.29, 0.717) is 6.61 Å². The van der Waals surface area contributed by atoms with Crippen molar-refractivity contribution in [3.8, 4) is 0 Å². The Balaban J connectivity index is 2.34. The second-order valence-corrected chi connectivity index (χ2v) is 3.36. The summed E-state index contributed by atoms with van der Waals surface area (Å²) in [6, 6.07) is 6.21. The lowest BCUT2D eigenvalue weighted by molar-refractivity contribution is 0.299. The Hall–Kier alpha value is -1.44. The molecule has 2 rings (SSSR count). The first-order valence-electron chi connectivity index (χ1n) is 5.00. The van der Waals surface area contributed by atoms with Gasteiger partial charge in [-0.25, -0.2) is 0 Å². The first-order chi connectivity index (χ1) is 6.83. The number of hydrogen-bond acceptors (Lipinski definition) is 2. The maximum Gasteiger partial charge on any atom is 0.119 e. The molecule has 0 spiro atoms. The van der Waals surface area contributed by atoms with E-state index in [1.54, 1.807) is 0 Å². The summed E-state index contributed by atoms with van der Waals surface area (Å²) in [5.41, 5.74) is 3.71. The van der Waals surface area contributed by atoms with Crippen molar-refractivity contribution in [2.45, 2.75) is 13.3 Å². The van der Waals surface area contributed by atoms with Gasteiger partial charge in [0.05, 0.1) is 6.61 Å². The highest BCUT2D eigenvalue weighted by molar-refractivity contribution is 5.70. The normalized spacial score (nSPS) is 13.2. The zero-order chi connectivity index (χ0) is 9.97. The summed E-state index contributed by atoms with van der Waals surface area (Å²) in [5, 5.41) is 3.34. The number of benzene rings is 1. The fourth-order valence-electron chi connectivity index (χ4n) is 1.86. The van der Waals surface area contributed by atoms with Crippen molar-refractivity contribution >= 4 is 11.4 Å². The van der Waals surface area contributed by atoms with Crippen molar-refractivity contribution in [1.29, 1.82) is 0 Å². The molecular weight excluding hydrogens is 174 g/mol. The van der Waals surface area contributed by atoms with Crippen molar-refractivity contribution in [2.24, 2.45) is 0 Å². The monoisotopic (exact) mass is 189 g/mol. The van der Waals surface area contributed by atoms with Gasteiger partial charge < -0.3 is 10.1 Å². The van der Waals surface area contributed by atoms with E-state index in [2.05, 4.69) is 24.0 Å². The molecule has 2 heteroatoms. The van der Waals surface area contributed by atoms with E-state index >= 15 is 0 Å². The molecule has 74 valence electrons. The molecule has 1 N–H and O–H groups in total. The summed E-state index contributed by atoms with van der Waals surface area (Å²) in [7, 11) is 0. The van der Waals surface area contributed by atoms with E-state index in [-0.39, 0.29) is 0 Å². The third-order valence-corrected chi connectivity index (χ3v) is 2.49. The molecule has 1 aliphatic heterocycles. The molecule has 0 fully saturated rings. The molecule has 0 bridgehead atoms. The van der Waals surface area contributed by atoms with E-state index in [1.165, 1.54) is 11.3 Å². The smallest absolute Gasteiger partial charge is 0.119 e. The lowest BCUT2D eigenvalue weighted by Crippen LogP contribution is -1.94. The molecule has 14 heavy (non-hydrogen) atoms. The fraction of sp³-hybridized carbons (Fsp3) is 0.333. The molecule has 2 nitrogen and oxygen atoms in total. The Kier molecular flexibility index (Phi) is 2.44. The first-order valence-corrected chi connectivity index (χ1v) is 5.00. The minimum atomic E-state index is 0.677. The van der Waals surface area contributed by atoms with E-state index in [1.807, 2.05) is 13.0 Å². The Bertz CT molecular complexity index is 357. The number of rotatable bonds is 3. The summed E-state index contributed by atoms with van der Waals surface area (Å²) < 4.78 is 5.43. The molecule has 1 heterocycles. The Labute approximate surface area is 84.6 Å². The fourth-order valence-corrected chi connectivity index (χ4v) is 1.86. The van der Waals surface area contributed by atoms with Crippen LogP contribution in [0, 0.1) is 0 Å². The highest BCUT2D eigenvalue weighted by atomic mass is 16.5. The van der Waals surface area contributed by atoms with Crippen LogP contribution in [0.4, 0.5) is 5.69 Å². The molecule has 0 amide bonds. The lowest BCUT2D eigenvalue weighted by atomic mass is 10.0. The van der Waals surface area contributed by atoms with Gasteiger partial charge >= 0.3 is 0 Å². The number of anilines is 1. The molecule has 0 aliphatic carbocycles. The largest absolute Gasteiger partial charge is 0.494 e. The van der Waals surface area contributed by atoms with Crippen LogP contribution in [-0.4, -0.2) is 13.2 Å². The van der Waals surface area contributed by atoms with Crippen LogP contribution < -0.4 is 5.32 Å². The summed E-state index contributed by atoms with van der Waals surface area (Å²) in [5.74, 6) is 0.785. The highest BCUT2D eigenvalue weighted by Gasteiger charge is 2.15. The van der Waals surface area contributed by atoms with Gasteiger partial charge in [-0.1, -0.05) is 18.7 Å². The van der Waals surface area contributed by atoms with Gasteiger partial charge in [-0.3, -0.25) is 0 Å². The summed E-state index contributed by atoms with van der Waals surface area (Å²) in [6.07, 6.45) is 1.07. The second kappa shape index (κ2) is 3.74. The maximum atomic E-state index is 5.43. The topological polar surface area (TPSA) is 21.3 Å². The number of nitrogens with one attached hydrogen (secondary N) is 1. The van der Waals surface area contributed by atoms with E-state index < -0.39 is 0 Å². The first kappa shape index (κ1) is 9.13. The maximum absolute atomic E-state index is 5.43. The molecule has 0 atom stereocenters. The van der Waals surface area contributed by atoms with Crippen LogP contribution in [-0.2, 0) is 11.2 Å². The van der Waals surface area contributed by atoms with Crippen LogP contribution in [0.1, 0.15) is 18.1 Å². The molecule has 1 aliphatic rings. The predicted octanol–water partition coefficient (Wildman–Crippen LogP) is 2.66. The van der Waals surface area contributed by atoms with Crippen molar-refractivity contribution in [3.05, 3.63) is 35.9 Å². The lowest BCUT2D eigenvalue weighted by Gasteiger charge is -2.10. The zero-order valence-electron chi connectivity index (χ0n) is 8.47. The molecule has 0 radical (unpaired) electrons. The van der Waals surface area contributed by atoms with Crippen LogP contribution in [0.3, 0.4) is 0 Å². The highest BCUT2D eigenvalue weighted by Crippen LogP contribution is 2.29. The van der Waals surface area contributed by atoms with Crippen molar-refractivity contribution in [2.75, 3.05) is 18.5 Å². The van der Waals surface area contributed by atoms with Gasteiger partial charge in [0.2, 0.25) is 0 Å². The Morgan fingerprint density at radius 2 is 2.43 bits per heavy atom. The zero-order valence-corrected chi connectivity index (χ0v) is 8.47. The summed E-state index contributed by atoms with van der Waals surface area (Å²) in [6.45, 7) is 7.62. The van der Waals surface area contributed by atoms with Crippen molar-refractivity contribution < 1.29 is 4.74 Å². The molecule has 1 aromatic rings. The number of hydrogen-bond donors (Lipinski definition) is 1. The quantitative estimate of drug-likeness (QED) is 0.738. The summed E-state index contributed by atoms with van der Waals surface area (Å²) in [4.78, 5) is 0. The van der Waals surface area contributed by atoms with Gasteiger partial charge in [-0.05, 0) is 25.0 Å². The molecule has 0 saturated heterocycles. The van der Waals surface area contributed by atoms with Crippen LogP contribution in [0.2, 0.25) is 0 Å². The molecule has 0 saturated carbocycles. The van der Waals surface area contributed by atoms with Gasteiger partial charge in [0.1, 0.15) is 5.76 Å². The van der Waals surface area contributed by atoms with E-state index in [0.717, 1.165) is 24.3 Å². The Morgan fingerprint density at radius 3 is 3.21 bits per heavy atom. The average molecular weight is 189 g/mol. The summed E-state index contributed by atoms with van der Waals surface area (Å²) >= 11 is 0. The van der Waals surface area contributed by atoms with E-state index in [9.17, 15) is 0 Å². The van der Waals surface area contributed by atoms with Gasteiger partial charge in [-0.15, -0.1) is 0 Å². The SMILES string of the molecule is C=C(OCC)c1cccc2c1CCN2. The minimum absolute atomic E-state index is 0.677.